The molecule has 0 spiro atoms. The Labute approximate surface area is 108 Å². The Morgan fingerprint density at radius 3 is 2.89 bits per heavy atom. The van der Waals surface area contributed by atoms with Crippen LogP contribution in [0.4, 0.5) is 0 Å². The van der Waals surface area contributed by atoms with Gasteiger partial charge in [-0.15, -0.1) is 0 Å². The zero-order valence-electron chi connectivity index (χ0n) is 10.6. The van der Waals surface area contributed by atoms with E-state index in [1.165, 1.54) is 6.20 Å². The molecule has 0 aromatic carbocycles. The Morgan fingerprint density at radius 1 is 1.50 bits per heavy atom. The summed E-state index contributed by atoms with van der Waals surface area (Å²) in [6.07, 6.45) is 5.97. The molecule has 2 N–H and O–H groups in total. The second kappa shape index (κ2) is 5.81. The van der Waals surface area contributed by atoms with Gasteiger partial charge in [-0.3, -0.25) is 4.68 Å². The first kappa shape index (κ1) is 13.5. The molecule has 0 atom stereocenters. The lowest BCUT2D eigenvalue weighted by atomic mass is 9.94. The van der Waals surface area contributed by atoms with E-state index in [0.717, 1.165) is 32.4 Å². The molecule has 1 saturated carbocycles. The quantitative estimate of drug-likeness (QED) is 0.701. The van der Waals surface area contributed by atoms with Gasteiger partial charge in [0.15, 0.2) is 0 Å². The second-order valence-corrected chi connectivity index (χ2v) is 6.26. The van der Waals surface area contributed by atoms with Crippen molar-refractivity contribution in [2.24, 2.45) is 0 Å². The van der Waals surface area contributed by atoms with Crippen molar-refractivity contribution >= 4 is 10.0 Å². The van der Waals surface area contributed by atoms with Gasteiger partial charge in [-0.05, 0) is 19.4 Å². The molecule has 2 rings (SSSR count). The molecule has 0 amide bonds. The zero-order valence-corrected chi connectivity index (χ0v) is 11.4. The van der Waals surface area contributed by atoms with Gasteiger partial charge in [0.2, 0.25) is 10.0 Å². The molecule has 1 heterocycles. The van der Waals surface area contributed by atoms with Crippen LogP contribution in [0.3, 0.4) is 0 Å². The lowest BCUT2D eigenvalue weighted by Gasteiger charge is -2.25. The number of hydrogen-bond donors (Lipinski definition) is 2. The van der Waals surface area contributed by atoms with Crippen LogP contribution in [0.25, 0.3) is 0 Å². The summed E-state index contributed by atoms with van der Waals surface area (Å²) >= 11 is 0. The van der Waals surface area contributed by atoms with Crippen molar-refractivity contribution in [3.63, 3.8) is 0 Å². The topological polar surface area (TPSA) is 76.0 Å². The van der Waals surface area contributed by atoms with E-state index in [1.54, 1.807) is 10.9 Å². The van der Waals surface area contributed by atoms with Crippen LogP contribution >= 0.6 is 0 Å². The Hall–Kier alpha value is -0.920. The smallest absolute Gasteiger partial charge is 0.243 e. The summed E-state index contributed by atoms with van der Waals surface area (Å²) in [4.78, 5) is 0.255. The van der Waals surface area contributed by atoms with Crippen molar-refractivity contribution in [1.29, 1.82) is 0 Å². The largest absolute Gasteiger partial charge is 0.315 e. The standard InChI is InChI=1S/C11H20N4O2S/c1-2-12-6-7-15-9-11(8-13-15)18(16,17)14-10-4-3-5-10/h8-10,12,14H,2-7H2,1H3. The summed E-state index contributed by atoms with van der Waals surface area (Å²) in [5, 5.41) is 7.23. The van der Waals surface area contributed by atoms with Crippen LogP contribution in [0.15, 0.2) is 17.3 Å². The summed E-state index contributed by atoms with van der Waals surface area (Å²) < 4.78 is 28.3. The van der Waals surface area contributed by atoms with Crippen molar-refractivity contribution in [3.8, 4) is 0 Å². The third-order valence-corrected chi connectivity index (χ3v) is 4.59. The van der Waals surface area contributed by atoms with Crippen LogP contribution in [-0.4, -0.2) is 37.3 Å². The average Bonchev–Trinajstić information content (AvgIpc) is 2.74. The molecule has 1 fully saturated rings. The highest BCUT2D eigenvalue weighted by Gasteiger charge is 2.25. The maximum atomic E-state index is 12.0. The Bertz CT molecular complexity index is 479. The first-order chi connectivity index (χ1) is 8.62. The number of hydrogen-bond acceptors (Lipinski definition) is 4. The molecule has 0 radical (unpaired) electrons. The van der Waals surface area contributed by atoms with Crippen molar-refractivity contribution in [1.82, 2.24) is 19.8 Å². The van der Waals surface area contributed by atoms with Gasteiger partial charge < -0.3 is 5.32 Å². The van der Waals surface area contributed by atoms with E-state index in [0.29, 0.717) is 6.54 Å². The fourth-order valence-corrected chi connectivity index (χ4v) is 3.05. The van der Waals surface area contributed by atoms with Gasteiger partial charge in [-0.25, -0.2) is 13.1 Å². The van der Waals surface area contributed by atoms with E-state index >= 15 is 0 Å². The minimum atomic E-state index is -3.38. The SMILES string of the molecule is CCNCCn1cc(S(=O)(=O)NC2CCC2)cn1. The van der Waals surface area contributed by atoms with Crippen LogP contribution in [0, 0.1) is 0 Å². The summed E-state index contributed by atoms with van der Waals surface area (Å²) in [7, 11) is -3.38. The van der Waals surface area contributed by atoms with Crippen LogP contribution in [0.5, 0.6) is 0 Å². The molecule has 7 heteroatoms. The van der Waals surface area contributed by atoms with E-state index in [2.05, 4.69) is 15.1 Å². The number of aromatic nitrogens is 2. The summed E-state index contributed by atoms with van der Waals surface area (Å²) in [5.41, 5.74) is 0. The van der Waals surface area contributed by atoms with Crippen LogP contribution in [-0.2, 0) is 16.6 Å². The molecule has 0 aliphatic heterocycles. The number of nitrogens with one attached hydrogen (secondary N) is 2. The molecule has 1 aromatic heterocycles. The third-order valence-electron chi connectivity index (χ3n) is 3.11. The van der Waals surface area contributed by atoms with E-state index in [4.69, 9.17) is 0 Å². The molecular weight excluding hydrogens is 252 g/mol. The van der Waals surface area contributed by atoms with Crippen molar-refractivity contribution < 1.29 is 8.42 Å². The minimum Gasteiger partial charge on any atom is -0.315 e. The van der Waals surface area contributed by atoms with Gasteiger partial charge in [-0.1, -0.05) is 13.3 Å². The second-order valence-electron chi connectivity index (χ2n) is 4.54. The van der Waals surface area contributed by atoms with Gasteiger partial charge in [0, 0.05) is 18.8 Å². The lowest BCUT2D eigenvalue weighted by Crippen LogP contribution is -2.39. The third kappa shape index (κ3) is 3.30. The molecule has 18 heavy (non-hydrogen) atoms. The minimum absolute atomic E-state index is 0.111. The Morgan fingerprint density at radius 2 is 2.28 bits per heavy atom. The van der Waals surface area contributed by atoms with E-state index < -0.39 is 10.0 Å². The zero-order chi connectivity index (χ0) is 13.0. The van der Waals surface area contributed by atoms with E-state index in [9.17, 15) is 8.42 Å². The Kier molecular flexibility index (Phi) is 4.36. The normalized spacial score (nSPS) is 16.7. The molecule has 1 aromatic rings. The fraction of sp³-hybridized carbons (Fsp3) is 0.727. The highest BCUT2D eigenvalue weighted by Crippen LogP contribution is 2.20. The maximum Gasteiger partial charge on any atom is 0.243 e. The van der Waals surface area contributed by atoms with E-state index in [1.807, 2.05) is 6.92 Å². The van der Waals surface area contributed by atoms with Gasteiger partial charge in [0.25, 0.3) is 0 Å². The monoisotopic (exact) mass is 272 g/mol. The van der Waals surface area contributed by atoms with Gasteiger partial charge >= 0.3 is 0 Å². The highest BCUT2D eigenvalue weighted by atomic mass is 32.2. The molecule has 1 aliphatic rings. The molecule has 102 valence electrons. The van der Waals surface area contributed by atoms with Gasteiger partial charge in [-0.2, -0.15) is 5.10 Å². The lowest BCUT2D eigenvalue weighted by molar-refractivity contribution is 0.383. The van der Waals surface area contributed by atoms with Crippen LogP contribution < -0.4 is 10.0 Å². The number of nitrogens with zero attached hydrogens (tertiary/aromatic N) is 2. The Balaban J connectivity index is 1.95. The summed E-state index contributed by atoms with van der Waals surface area (Å²) in [6, 6.07) is 0.111. The number of likely N-dealkylation sites (N-methyl/N-ethyl adjacent to an activating group) is 1. The van der Waals surface area contributed by atoms with Gasteiger partial charge in [0.1, 0.15) is 4.90 Å². The molecule has 0 saturated heterocycles. The van der Waals surface area contributed by atoms with Crippen molar-refractivity contribution in [2.75, 3.05) is 13.1 Å². The predicted molar refractivity (Wildman–Crippen MR) is 68.7 cm³/mol. The first-order valence-electron chi connectivity index (χ1n) is 6.37. The van der Waals surface area contributed by atoms with Crippen LogP contribution in [0.1, 0.15) is 26.2 Å². The molecule has 0 unspecified atom stereocenters. The maximum absolute atomic E-state index is 12.0. The van der Waals surface area contributed by atoms with Gasteiger partial charge in [0.05, 0.1) is 12.7 Å². The van der Waals surface area contributed by atoms with E-state index in [-0.39, 0.29) is 10.9 Å². The number of sulfonamides is 1. The predicted octanol–water partition coefficient (Wildman–Crippen LogP) is 0.323. The van der Waals surface area contributed by atoms with Crippen molar-refractivity contribution in [2.45, 2.75) is 43.7 Å². The number of rotatable bonds is 7. The highest BCUT2D eigenvalue weighted by molar-refractivity contribution is 7.89. The molecule has 0 bridgehead atoms. The summed E-state index contributed by atoms with van der Waals surface area (Å²) in [6.45, 7) is 4.39. The molecule has 1 aliphatic carbocycles. The van der Waals surface area contributed by atoms with Crippen LogP contribution in [0.2, 0.25) is 0 Å². The van der Waals surface area contributed by atoms with Crippen molar-refractivity contribution in [3.05, 3.63) is 12.4 Å². The average molecular weight is 272 g/mol. The molecular formula is C11H20N4O2S. The summed E-state index contributed by atoms with van der Waals surface area (Å²) in [5.74, 6) is 0. The molecule has 6 nitrogen and oxygen atoms in total. The fourth-order valence-electron chi connectivity index (χ4n) is 1.79. The first-order valence-corrected chi connectivity index (χ1v) is 7.85.